The molecular weight excluding hydrogens is 390 g/mol. The summed E-state index contributed by atoms with van der Waals surface area (Å²) >= 11 is 5.82. The van der Waals surface area contributed by atoms with E-state index in [0.29, 0.717) is 5.92 Å². The van der Waals surface area contributed by atoms with Crippen molar-refractivity contribution in [2.75, 3.05) is 44.7 Å². The Labute approximate surface area is 187 Å². The summed E-state index contributed by atoms with van der Waals surface area (Å²) < 4.78 is 5.46. The van der Waals surface area contributed by atoms with Crippen molar-refractivity contribution in [3.8, 4) is 0 Å². The first kappa shape index (κ1) is 22.7. The highest BCUT2D eigenvalue weighted by Crippen LogP contribution is 2.18. The van der Waals surface area contributed by atoms with Crippen LogP contribution in [-0.4, -0.2) is 54.3 Å². The average molecular weight is 426 g/mol. The molecule has 0 amide bonds. The topological polar surface area (TPSA) is 27.7 Å². The maximum absolute atomic E-state index is 5.82. The maximum Gasteiger partial charge on any atom is 0.173 e. The molecule has 1 N–H and O–H groups in total. The van der Waals surface area contributed by atoms with E-state index in [1.165, 1.54) is 16.7 Å². The van der Waals surface area contributed by atoms with Crippen LogP contribution in [0.3, 0.4) is 0 Å². The van der Waals surface area contributed by atoms with Gasteiger partial charge in [-0.3, -0.25) is 4.90 Å². The first-order chi connectivity index (χ1) is 14.5. The third-order valence-corrected chi connectivity index (χ3v) is 5.98. The molecule has 3 rings (SSSR count). The highest BCUT2D eigenvalue weighted by atomic mass is 32.1. The molecule has 1 saturated heterocycles. The van der Waals surface area contributed by atoms with E-state index in [-0.39, 0.29) is 0 Å². The third-order valence-electron chi connectivity index (χ3n) is 5.62. The summed E-state index contributed by atoms with van der Waals surface area (Å²) in [6.45, 7) is 13.1. The molecule has 0 unspecified atom stereocenters. The van der Waals surface area contributed by atoms with Gasteiger partial charge in [0.1, 0.15) is 0 Å². The summed E-state index contributed by atoms with van der Waals surface area (Å²) in [6, 6.07) is 17.3. The summed E-state index contributed by atoms with van der Waals surface area (Å²) in [5.41, 5.74) is 4.95. The van der Waals surface area contributed by atoms with Crippen LogP contribution in [0.25, 0.3) is 0 Å². The fourth-order valence-corrected chi connectivity index (χ4v) is 3.90. The molecule has 1 aliphatic heterocycles. The molecule has 1 aliphatic rings. The van der Waals surface area contributed by atoms with Crippen LogP contribution in [0.5, 0.6) is 0 Å². The van der Waals surface area contributed by atoms with Crippen LogP contribution < -0.4 is 5.32 Å². The quantitative estimate of drug-likeness (QED) is 0.598. The van der Waals surface area contributed by atoms with Crippen molar-refractivity contribution in [3.05, 3.63) is 65.2 Å². The van der Waals surface area contributed by atoms with Crippen LogP contribution in [0, 0.1) is 6.92 Å². The Kier molecular flexibility index (Phi) is 8.67. The lowest BCUT2D eigenvalue weighted by Crippen LogP contribution is -2.40. The third kappa shape index (κ3) is 7.08. The van der Waals surface area contributed by atoms with Crippen molar-refractivity contribution in [1.82, 2.24) is 9.80 Å². The number of rotatable bonds is 8. The lowest BCUT2D eigenvalue weighted by Gasteiger charge is -2.29. The minimum atomic E-state index is 0.532. The van der Waals surface area contributed by atoms with Crippen molar-refractivity contribution >= 4 is 23.0 Å². The number of ether oxygens (including phenoxy) is 1. The van der Waals surface area contributed by atoms with Crippen molar-refractivity contribution in [2.45, 2.75) is 39.7 Å². The molecule has 0 aliphatic carbocycles. The molecule has 30 heavy (non-hydrogen) atoms. The van der Waals surface area contributed by atoms with Crippen LogP contribution in [0.2, 0.25) is 0 Å². The lowest BCUT2D eigenvalue weighted by atomic mass is 10.0. The van der Waals surface area contributed by atoms with E-state index in [1.807, 2.05) is 0 Å². The highest BCUT2D eigenvalue weighted by molar-refractivity contribution is 7.80. The predicted octanol–water partition coefficient (Wildman–Crippen LogP) is 5.04. The summed E-state index contributed by atoms with van der Waals surface area (Å²) in [6.07, 6.45) is 1.08. The smallest absolute Gasteiger partial charge is 0.173 e. The minimum absolute atomic E-state index is 0.532. The Balaban J connectivity index is 1.61. The molecular formula is C25H35N3OS. The van der Waals surface area contributed by atoms with Crippen LogP contribution in [0.15, 0.2) is 48.5 Å². The van der Waals surface area contributed by atoms with Crippen molar-refractivity contribution in [3.63, 3.8) is 0 Å². The molecule has 0 radical (unpaired) electrons. The van der Waals surface area contributed by atoms with Crippen molar-refractivity contribution in [2.24, 2.45) is 0 Å². The molecule has 1 heterocycles. The van der Waals surface area contributed by atoms with Crippen molar-refractivity contribution < 1.29 is 4.74 Å². The molecule has 162 valence electrons. The lowest BCUT2D eigenvalue weighted by molar-refractivity contribution is 0.0368. The molecule has 0 spiro atoms. The van der Waals surface area contributed by atoms with Crippen molar-refractivity contribution in [1.29, 1.82) is 0 Å². The fraction of sp³-hybridized carbons (Fsp3) is 0.480. The number of benzene rings is 2. The molecule has 1 fully saturated rings. The standard InChI is InChI=1S/C25H35N3OS/c1-20(2)23-9-11-24(12-10-23)26-25(30)28(19-22-7-5-21(3)6-8-22)14-4-13-27-15-17-29-18-16-27/h5-12,20H,4,13-19H2,1-3H3,(H,26,30). The summed E-state index contributed by atoms with van der Waals surface area (Å²) in [5.74, 6) is 0.532. The van der Waals surface area contributed by atoms with E-state index in [0.717, 1.165) is 63.2 Å². The number of morpholine rings is 1. The predicted molar refractivity (Wildman–Crippen MR) is 130 cm³/mol. The first-order valence-corrected chi connectivity index (χ1v) is 11.4. The van der Waals surface area contributed by atoms with E-state index in [4.69, 9.17) is 17.0 Å². The van der Waals surface area contributed by atoms with Gasteiger partial charge in [0.25, 0.3) is 0 Å². The minimum Gasteiger partial charge on any atom is -0.379 e. The van der Waals surface area contributed by atoms with Gasteiger partial charge in [0.2, 0.25) is 0 Å². The normalized spacial score (nSPS) is 14.7. The van der Waals surface area contributed by atoms with Gasteiger partial charge in [-0.15, -0.1) is 0 Å². The molecule has 2 aromatic carbocycles. The van der Waals surface area contributed by atoms with Gasteiger partial charge >= 0.3 is 0 Å². The monoisotopic (exact) mass is 425 g/mol. The van der Waals surface area contributed by atoms with Crippen LogP contribution >= 0.6 is 12.2 Å². The summed E-state index contributed by atoms with van der Waals surface area (Å²) in [5, 5.41) is 4.24. The van der Waals surface area contributed by atoms with Gasteiger partial charge in [0.05, 0.1) is 13.2 Å². The number of hydrogen-bond donors (Lipinski definition) is 1. The molecule has 0 bridgehead atoms. The number of nitrogens with zero attached hydrogens (tertiary/aromatic N) is 2. The van der Waals surface area contributed by atoms with Crippen LogP contribution in [0.1, 0.15) is 42.9 Å². The van der Waals surface area contributed by atoms with Crippen LogP contribution in [-0.2, 0) is 11.3 Å². The van der Waals surface area contributed by atoms with E-state index in [9.17, 15) is 0 Å². The molecule has 5 heteroatoms. The zero-order chi connectivity index (χ0) is 21.3. The number of thiocarbonyl (C=S) groups is 1. The number of anilines is 1. The average Bonchev–Trinajstić information content (AvgIpc) is 2.75. The van der Waals surface area contributed by atoms with Gasteiger partial charge in [0.15, 0.2) is 5.11 Å². The number of aryl methyl sites for hydroxylation is 1. The second-order valence-electron chi connectivity index (χ2n) is 8.42. The molecule has 0 atom stereocenters. The van der Waals surface area contributed by atoms with E-state index in [1.54, 1.807) is 0 Å². The molecule has 0 aromatic heterocycles. The van der Waals surface area contributed by atoms with Gasteiger partial charge in [-0.25, -0.2) is 0 Å². The van der Waals surface area contributed by atoms with Gasteiger partial charge in [-0.1, -0.05) is 55.8 Å². The Hall–Kier alpha value is -1.95. The van der Waals surface area contributed by atoms with Crippen LogP contribution in [0.4, 0.5) is 5.69 Å². The second kappa shape index (κ2) is 11.4. The van der Waals surface area contributed by atoms with Gasteiger partial charge in [-0.2, -0.15) is 0 Å². The molecule has 4 nitrogen and oxygen atoms in total. The van der Waals surface area contributed by atoms with Gasteiger partial charge < -0.3 is 15.0 Å². The largest absolute Gasteiger partial charge is 0.379 e. The number of nitrogens with one attached hydrogen (secondary N) is 1. The molecule has 0 saturated carbocycles. The Morgan fingerprint density at radius 3 is 2.37 bits per heavy atom. The summed E-state index contributed by atoms with van der Waals surface area (Å²) in [4.78, 5) is 4.77. The molecule has 2 aromatic rings. The second-order valence-corrected chi connectivity index (χ2v) is 8.81. The van der Waals surface area contributed by atoms with Gasteiger partial charge in [0, 0.05) is 38.4 Å². The van der Waals surface area contributed by atoms with Gasteiger partial charge in [-0.05, 0) is 54.7 Å². The highest BCUT2D eigenvalue weighted by Gasteiger charge is 2.14. The fourth-order valence-electron chi connectivity index (χ4n) is 3.63. The maximum atomic E-state index is 5.82. The Bertz CT molecular complexity index is 783. The Morgan fingerprint density at radius 1 is 1.07 bits per heavy atom. The zero-order valence-corrected chi connectivity index (χ0v) is 19.4. The van der Waals surface area contributed by atoms with E-state index < -0.39 is 0 Å². The SMILES string of the molecule is Cc1ccc(CN(CCCN2CCOCC2)C(=S)Nc2ccc(C(C)C)cc2)cc1. The number of hydrogen-bond acceptors (Lipinski definition) is 3. The van der Waals surface area contributed by atoms with E-state index >= 15 is 0 Å². The first-order valence-electron chi connectivity index (χ1n) is 11.0. The Morgan fingerprint density at radius 2 is 1.73 bits per heavy atom. The van der Waals surface area contributed by atoms with E-state index in [2.05, 4.69) is 84.4 Å². The zero-order valence-electron chi connectivity index (χ0n) is 18.6. The summed E-state index contributed by atoms with van der Waals surface area (Å²) in [7, 11) is 0.